The van der Waals surface area contributed by atoms with Gasteiger partial charge in [0.2, 0.25) is 17.7 Å². The average Bonchev–Trinajstić information content (AvgIpc) is 2.97. The second kappa shape index (κ2) is 16.3. The van der Waals surface area contributed by atoms with Crippen LogP contribution in [0.15, 0.2) is 54.6 Å². The van der Waals surface area contributed by atoms with Gasteiger partial charge < -0.3 is 35.8 Å². The molecule has 2 aromatic rings. The molecule has 1 saturated heterocycles. The number of benzene rings is 2. The van der Waals surface area contributed by atoms with Crippen LogP contribution in [0.1, 0.15) is 37.3 Å². The number of carboxylic acid groups (broad SMARTS) is 1. The van der Waals surface area contributed by atoms with Crippen LogP contribution in [-0.4, -0.2) is 90.0 Å². The fourth-order valence-electron chi connectivity index (χ4n) is 5.47. The van der Waals surface area contributed by atoms with Crippen LogP contribution >= 0.6 is 11.6 Å². The lowest BCUT2D eigenvalue weighted by Crippen LogP contribution is -2.65. The van der Waals surface area contributed by atoms with Gasteiger partial charge in [0.05, 0.1) is 12.1 Å². The SMILES string of the molecule is COCC(NC(=O)C(C)NC(=O)O)C(=O)N[C@@]1(Cc2ccc(Cl)cc2)CCCN(C(=O)C(CCO)Cc2ccccc2)C1. The number of hydrogen-bond donors (Lipinski definition) is 5. The number of methoxy groups -OCH3 is 1. The lowest BCUT2D eigenvalue weighted by molar-refractivity contribution is -0.140. The molecule has 0 bridgehead atoms. The summed E-state index contributed by atoms with van der Waals surface area (Å²) in [5.41, 5.74) is 1.02. The molecule has 4 amide bonds. The summed E-state index contributed by atoms with van der Waals surface area (Å²) in [6.07, 6.45) is 1.02. The predicted molar refractivity (Wildman–Crippen MR) is 162 cm³/mol. The van der Waals surface area contributed by atoms with Gasteiger partial charge in [0.15, 0.2) is 0 Å². The molecule has 0 radical (unpaired) electrons. The number of nitrogens with one attached hydrogen (secondary N) is 3. The number of amides is 4. The van der Waals surface area contributed by atoms with Gasteiger partial charge in [0, 0.05) is 37.7 Å². The largest absolute Gasteiger partial charge is 0.465 e. The van der Waals surface area contributed by atoms with E-state index >= 15 is 0 Å². The Morgan fingerprint density at radius 3 is 2.35 bits per heavy atom. The van der Waals surface area contributed by atoms with E-state index in [1.807, 2.05) is 42.5 Å². The Balaban J connectivity index is 1.86. The highest BCUT2D eigenvalue weighted by Crippen LogP contribution is 2.29. The molecule has 3 unspecified atom stereocenters. The molecule has 2 aromatic carbocycles. The molecule has 0 aliphatic carbocycles. The summed E-state index contributed by atoms with van der Waals surface area (Å²) in [6, 6.07) is 14.7. The number of aliphatic hydroxyl groups is 1. The smallest absolute Gasteiger partial charge is 0.405 e. The minimum Gasteiger partial charge on any atom is -0.465 e. The number of rotatable bonds is 14. The van der Waals surface area contributed by atoms with E-state index in [0.717, 1.165) is 11.1 Å². The summed E-state index contributed by atoms with van der Waals surface area (Å²) < 4.78 is 5.20. The lowest BCUT2D eigenvalue weighted by Gasteiger charge is -2.45. The molecule has 3 rings (SSSR count). The van der Waals surface area contributed by atoms with Crippen molar-refractivity contribution >= 4 is 35.4 Å². The molecule has 11 nitrogen and oxygen atoms in total. The van der Waals surface area contributed by atoms with Gasteiger partial charge in [-0.15, -0.1) is 0 Å². The Hall–Kier alpha value is -3.67. The van der Waals surface area contributed by atoms with Crippen molar-refractivity contribution in [3.05, 3.63) is 70.7 Å². The van der Waals surface area contributed by atoms with E-state index in [1.165, 1.54) is 14.0 Å². The van der Waals surface area contributed by atoms with Gasteiger partial charge in [-0.1, -0.05) is 54.1 Å². The first kappa shape index (κ1) is 33.8. The second-order valence-corrected chi connectivity index (χ2v) is 11.5. The molecule has 1 heterocycles. The predicted octanol–water partition coefficient (Wildman–Crippen LogP) is 2.39. The third-order valence-corrected chi connectivity index (χ3v) is 7.84. The summed E-state index contributed by atoms with van der Waals surface area (Å²) in [7, 11) is 1.39. The first-order valence-corrected chi connectivity index (χ1v) is 14.7. The fraction of sp³-hybridized carbons (Fsp3) is 0.484. The number of piperidine rings is 1. The summed E-state index contributed by atoms with van der Waals surface area (Å²) >= 11 is 6.11. The summed E-state index contributed by atoms with van der Waals surface area (Å²) in [5.74, 6) is -1.72. The fourth-order valence-corrected chi connectivity index (χ4v) is 5.60. The van der Waals surface area contributed by atoms with Crippen LogP contribution in [-0.2, 0) is 32.0 Å². The number of carbonyl (C=O) groups excluding carboxylic acids is 3. The Labute approximate surface area is 256 Å². The van der Waals surface area contributed by atoms with E-state index < -0.39 is 41.4 Å². The molecule has 4 atom stereocenters. The minimum atomic E-state index is -1.36. The van der Waals surface area contributed by atoms with Gasteiger partial charge >= 0.3 is 6.09 Å². The maximum atomic E-state index is 13.9. The highest BCUT2D eigenvalue weighted by atomic mass is 35.5. The molecular formula is C31H41ClN4O7. The van der Waals surface area contributed by atoms with E-state index in [2.05, 4.69) is 16.0 Å². The van der Waals surface area contributed by atoms with Crippen molar-refractivity contribution in [2.24, 2.45) is 5.92 Å². The third kappa shape index (κ3) is 10.2. The first-order valence-electron chi connectivity index (χ1n) is 14.3. The monoisotopic (exact) mass is 616 g/mol. The number of nitrogens with zero attached hydrogens (tertiary/aromatic N) is 1. The Bertz CT molecular complexity index is 1230. The van der Waals surface area contributed by atoms with E-state index in [0.29, 0.717) is 43.7 Å². The van der Waals surface area contributed by atoms with Crippen molar-refractivity contribution in [3.8, 4) is 0 Å². The number of ether oxygens (including phenoxy) is 1. The van der Waals surface area contributed by atoms with Gasteiger partial charge in [-0.25, -0.2) is 4.79 Å². The Morgan fingerprint density at radius 1 is 1.02 bits per heavy atom. The summed E-state index contributed by atoms with van der Waals surface area (Å²) in [4.78, 5) is 52.9. The standard InChI is InChI=1S/C31H41ClN4O7/c1-21(33-30(41)42)27(38)34-26(19-43-2)28(39)35-31(18-23-9-11-25(32)12-10-23)14-6-15-36(20-31)29(40)24(13-16-37)17-22-7-4-3-5-8-22/h3-5,7-12,21,24,26,33,37H,6,13-20H2,1-2H3,(H,34,38)(H,35,39)(H,41,42)/t21?,24?,26?,31-/m1/s1. The van der Waals surface area contributed by atoms with E-state index in [9.17, 15) is 24.3 Å². The quantitative estimate of drug-likeness (QED) is 0.218. The van der Waals surface area contributed by atoms with Gasteiger partial charge in [-0.05, 0) is 62.3 Å². The van der Waals surface area contributed by atoms with Crippen LogP contribution in [0.5, 0.6) is 0 Å². The van der Waals surface area contributed by atoms with Crippen molar-refractivity contribution in [1.82, 2.24) is 20.9 Å². The number of halogens is 1. The van der Waals surface area contributed by atoms with Crippen LogP contribution in [0.25, 0.3) is 0 Å². The van der Waals surface area contributed by atoms with Gasteiger partial charge in [-0.3, -0.25) is 14.4 Å². The maximum absolute atomic E-state index is 13.9. The van der Waals surface area contributed by atoms with Crippen LogP contribution in [0.4, 0.5) is 4.79 Å². The number of carbonyl (C=O) groups is 4. The summed E-state index contributed by atoms with van der Waals surface area (Å²) in [6.45, 7) is 1.83. The zero-order chi connectivity index (χ0) is 31.4. The molecule has 43 heavy (non-hydrogen) atoms. The maximum Gasteiger partial charge on any atom is 0.405 e. The van der Waals surface area contributed by atoms with Crippen molar-refractivity contribution < 1.29 is 34.1 Å². The van der Waals surface area contributed by atoms with Crippen LogP contribution in [0.3, 0.4) is 0 Å². The van der Waals surface area contributed by atoms with Crippen molar-refractivity contribution in [1.29, 1.82) is 0 Å². The number of aliphatic hydroxyl groups excluding tert-OH is 1. The third-order valence-electron chi connectivity index (χ3n) is 7.58. The highest BCUT2D eigenvalue weighted by Gasteiger charge is 2.41. The Kier molecular flexibility index (Phi) is 12.8. The van der Waals surface area contributed by atoms with Gasteiger partial charge in [0.25, 0.3) is 0 Å². The molecule has 1 aliphatic heterocycles. The Morgan fingerprint density at radius 2 is 1.72 bits per heavy atom. The van der Waals surface area contributed by atoms with Gasteiger partial charge in [-0.2, -0.15) is 0 Å². The van der Waals surface area contributed by atoms with E-state index in [4.69, 9.17) is 21.4 Å². The van der Waals surface area contributed by atoms with Crippen LogP contribution < -0.4 is 16.0 Å². The molecule has 1 aliphatic rings. The van der Waals surface area contributed by atoms with Crippen LogP contribution in [0, 0.1) is 5.92 Å². The van der Waals surface area contributed by atoms with Crippen molar-refractivity contribution in [3.63, 3.8) is 0 Å². The zero-order valence-corrected chi connectivity index (χ0v) is 25.3. The van der Waals surface area contributed by atoms with Crippen molar-refractivity contribution in [2.45, 2.75) is 56.7 Å². The second-order valence-electron chi connectivity index (χ2n) is 11.0. The molecule has 234 valence electrons. The molecular weight excluding hydrogens is 576 g/mol. The number of likely N-dealkylation sites (tertiary alicyclic amines) is 1. The molecule has 5 N–H and O–H groups in total. The van der Waals surface area contributed by atoms with Gasteiger partial charge in [0.1, 0.15) is 12.1 Å². The van der Waals surface area contributed by atoms with E-state index in [1.54, 1.807) is 17.0 Å². The minimum absolute atomic E-state index is 0.0948. The van der Waals surface area contributed by atoms with Crippen LogP contribution in [0.2, 0.25) is 5.02 Å². The molecule has 1 fully saturated rings. The average molecular weight is 617 g/mol. The van der Waals surface area contributed by atoms with Crippen molar-refractivity contribution in [2.75, 3.05) is 33.4 Å². The number of hydrogen-bond acceptors (Lipinski definition) is 6. The lowest BCUT2D eigenvalue weighted by atomic mass is 9.82. The molecule has 0 saturated carbocycles. The zero-order valence-electron chi connectivity index (χ0n) is 24.6. The normalized spacial score (nSPS) is 18.7. The topological polar surface area (TPSA) is 157 Å². The molecule has 0 aromatic heterocycles. The first-order chi connectivity index (χ1) is 20.6. The highest BCUT2D eigenvalue weighted by molar-refractivity contribution is 6.30. The van der Waals surface area contributed by atoms with E-state index in [-0.39, 0.29) is 25.7 Å². The summed E-state index contributed by atoms with van der Waals surface area (Å²) in [5, 5.41) is 27.0. The molecule has 0 spiro atoms. The molecule has 12 heteroatoms.